The van der Waals surface area contributed by atoms with Crippen LogP contribution in [0.5, 0.6) is 0 Å². The summed E-state index contributed by atoms with van der Waals surface area (Å²) >= 11 is 0. The number of amides is 2. The Morgan fingerprint density at radius 1 is 0.964 bits per heavy atom. The molecule has 28 heavy (non-hydrogen) atoms. The van der Waals surface area contributed by atoms with Crippen molar-refractivity contribution in [2.75, 3.05) is 42.5 Å². The van der Waals surface area contributed by atoms with E-state index in [-0.39, 0.29) is 11.8 Å². The summed E-state index contributed by atoms with van der Waals surface area (Å²) in [7, 11) is 0. The van der Waals surface area contributed by atoms with Gasteiger partial charge in [0.2, 0.25) is 11.8 Å². The zero-order valence-electron chi connectivity index (χ0n) is 15.8. The molecular weight excluding hydrogens is 352 g/mol. The van der Waals surface area contributed by atoms with Gasteiger partial charge in [0.05, 0.1) is 0 Å². The van der Waals surface area contributed by atoms with Gasteiger partial charge in [-0.2, -0.15) is 0 Å². The number of piperazine rings is 1. The molecule has 2 aromatic rings. The maximum Gasteiger partial charge on any atom is 0.246 e. The van der Waals surface area contributed by atoms with Crippen molar-refractivity contribution in [3.05, 3.63) is 60.3 Å². The highest BCUT2D eigenvalue weighted by atomic mass is 16.2. The van der Waals surface area contributed by atoms with Gasteiger partial charge in [-0.1, -0.05) is 18.2 Å². The second kappa shape index (κ2) is 8.25. The van der Waals surface area contributed by atoms with Gasteiger partial charge in [0.15, 0.2) is 0 Å². The molecule has 2 aliphatic rings. The van der Waals surface area contributed by atoms with Crippen LogP contribution in [0.3, 0.4) is 0 Å². The predicted molar refractivity (Wildman–Crippen MR) is 110 cm³/mol. The molecule has 6 nitrogen and oxygen atoms in total. The topological polar surface area (TPSA) is 56.8 Å². The molecule has 1 aromatic carbocycles. The van der Waals surface area contributed by atoms with Crippen LogP contribution in [0.15, 0.2) is 54.7 Å². The average Bonchev–Trinajstić information content (AvgIpc) is 3.19. The minimum absolute atomic E-state index is 0.0273. The predicted octanol–water partition coefficient (Wildman–Crippen LogP) is 2.57. The molecule has 1 aromatic heterocycles. The Balaban J connectivity index is 1.31. The molecule has 0 N–H and O–H groups in total. The normalized spacial score (nSPS) is 17.6. The number of carbonyl (C=O) groups is 2. The van der Waals surface area contributed by atoms with Crippen molar-refractivity contribution in [2.45, 2.75) is 12.8 Å². The molecule has 2 fully saturated rings. The summed E-state index contributed by atoms with van der Waals surface area (Å²) in [5, 5.41) is 0. The molecule has 0 aliphatic carbocycles. The first-order valence-corrected chi connectivity index (χ1v) is 9.74. The highest BCUT2D eigenvalue weighted by Crippen LogP contribution is 2.22. The number of aromatic nitrogens is 1. The van der Waals surface area contributed by atoms with Gasteiger partial charge >= 0.3 is 0 Å². The third kappa shape index (κ3) is 4.06. The first kappa shape index (κ1) is 18.2. The third-order valence-electron chi connectivity index (χ3n) is 5.26. The van der Waals surface area contributed by atoms with Crippen LogP contribution >= 0.6 is 0 Å². The molecule has 0 unspecified atom stereocenters. The molecule has 3 heterocycles. The Kier molecular flexibility index (Phi) is 5.37. The number of rotatable bonds is 4. The van der Waals surface area contributed by atoms with Gasteiger partial charge in [-0.05, 0) is 42.3 Å². The first-order valence-electron chi connectivity index (χ1n) is 9.74. The van der Waals surface area contributed by atoms with E-state index in [9.17, 15) is 9.59 Å². The van der Waals surface area contributed by atoms with E-state index in [0.717, 1.165) is 43.1 Å². The molecule has 144 valence electrons. The second-order valence-corrected chi connectivity index (χ2v) is 7.07. The minimum atomic E-state index is 0.0273. The Bertz CT molecular complexity index is 856. The Labute approximate surface area is 165 Å². The Morgan fingerprint density at radius 3 is 2.39 bits per heavy atom. The van der Waals surface area contributed by atoms with Crippen LogP contribution in [0.1, 0.15) is 18.4 Å². The van der Waals surface area contributed by atoms with Crippen molar-refractivity contribution in [1.82, 2.24) is 9.88 Å². The lowest BCUT2D eigenvalue weighted by molar-refractivity contribution is -0.126. The Hall–Kier alpha value is -3.15. The molecule has 0 bridgehead atoms. The molecule has 6 heteroatoms. The smallest absolute Gasteiger partial charge is 0.246 e. The lowest BCUT2D eigenvalue weighted by Crippen LogP contribution is -2.48. The fourth-order valence-electron chi connectivity index (χ4n) is 3.66. The van der Waals surface area contributed by atoms with Gasteiger partial charge in [-0.3, -0.25) is 9.59 Å². The number of pyridine rings is 1. The monoisotopic (exact) mass is 376 g/mol. The van der Waals surface area contributed by atoms with E-state index in [0.29, 0.717) is 19.5 Å². The highest BCUT2D eigenvalue weighted by Gasteiger charge is 2.22. The fourth-order valence-corrected chi connectivity index (χ4v) is 3.66. The minimum Gasteiger partial charge on any atom is -0.353 e. The summed E-state index contributed by atoms with van der Waals surface area (Å²) < 4.78 is 0. The van der Waals surface area contributed by atoms with Crippen LogP contribution in [0.4, 0.5) is 11.5 Å². The van der Waals surface area contributed by atoms with Crippen molar-refractivity contribution in [3.63, 3.8) is 0 Å². The number of carbonyl (C=O) groups excluding carboxylic acids is 2. The van der Waals surface area contributed by atoms with Crippen LogP contribution in [0.2, 0.25) is 0 Å². The molecule has 2 aliphatic heterocycles. The third-order valence-corrected chi connectivity index (χ3v) is 5.26. The zero-order valence-corrected chi connectivity index (χ0v) is 15.8. The van der Waals surface area contributed by atoms with Crippen LogP contribution in [0, 0.1) is 0 Å². The highest BCUT2D eigenvalue weighted by molar-refractivity contribution is 5.95. The van der Waals surface area contributed by atoms with Crippen molar-refractivity contribution in [3.8, 4) is 0 Å². The Morgan fingerprint density at radius 2 is 1.75 bits per heavy atom. The van der Waals surface area contributed by atoms with Crippen molar-refractivity contribution in [2.24, 2.45) is 0 Å². The van der Waals surface area contributed by atoms with Gasteiger partial charge in [0.1, 0.15) is 5.82 Å². The summed E-state index contributed by atoms with van der Waals surface area (Å²) in [5.74, 6) is 1.17. The van der Waals surface area contributed by atoms with Crippen LogP contribution in [-0.2, 0) is 9.59 Å². The van der Waals surface area contributed by atoms with Crippen LogP contribution < -0.4 is 9.80 Å². The van der Waals surface area contributed by atoms with Gasteiger partial charge in [-0.15, -0.1) is 0 Å². The van der Waals surface area contributed by atoms with E-state index in [1.165, 1.54) is 0 Å². The van der Waals surface area contributed by atoms with Gasteiger partial charge in [0.25, 0.3) is 0 Å². The van der Waals surface area contributed by atoms with Crippen LogP contribution in [-0.4, -0.2) is 54.4 Å². The number of benzene rings is 1. The molecule has 4 rings (SSSR count). The van der Waals surface area contributed by atoms with E-state index in [2.05, 4.69) is 9.88 Å². The lowest BCUT2D eigenvalue weighted by atomic mass is 10.1. The van der Waals surface area contributed by atoms with E-state index in [4.69, 9.17) is 0 Å². The molecular formula is C22H24N4O2. The number of hydrogen-bond acceptors (Lipinski definition) is 4. The van der Waals surface area contributed by atoms with Crippen molar-refractivity contribution in [1.29, 1.82) is 0 Å². The summed E-state index contributed by atoms with van der Waals surface area (Å²) in [6, 6.07) is 13.7. The SMILES string of the molecule is O=C(C=Cc1ccc(N2CCCC2=O)cc1)N1CCN(c2ccccn2)CC1. The molecule has 0 atom stereocenters. The van der Waals surface area contributed by atoms with Gasteiger partial charge < -0.3 is 14.7 Å². The largest absolute Gasteiger partial charge is 0.353 e. The van der Waals surface area contributed by atoms with Gasteiger partial charge in [0, 0.05) is 57.1 Å². The summed E-state index contributed by atoms with van der Waals surface area (Å²) in [5.41, 5.74) is 1.88. The first-order chi connectivity index (χ1) is 13.7. The van der Waals surface area contributed by atoms with Crippen molar-refractivity contribution < 1.29 is 9.59 Å². The number of nitrogens with zero attached hydrogens (tertiary/aromatic N) is 4. The second-order valence-electron chi connectivity index (χ2n) is 7.07. The average molecular weight is 376 g/mol. The molecule has 2 amide bonds. The fraction of sp³-hybridized carbons (Fsp3) is 0.318. The molecule has 0 spiro atoms. The summed E-state index contributed by atoms with van der Waals surface area (Å²) in [4.78, 5) is 34.6. The molecule has 2 saturated heterocycles. The molecule has 0 saturated carbocycles. The maximum absolute atomic E-state index is 12.5. The van der Waals surface area contributed by atoms with E-state index in [1.807, 2.05) is 58.3 Å². The summed E-state index contributed by atoms with van der Waals surface area (Å²) in [6.45, 7) is 3.74. The molecule has 0 radical (unpaired) electrons. The zero-order chi connectivity index (χ0) is 19.3. The van der Waals surface area contributed by atoms with Crippen molar-refractivity contribution >= 4 is 29.4 Å². The quantitative estimate of drug-likeness (QED) is 0.770. The standard InChI is InChI=1S/C22H24N4O2/c27-21(25-16-14-24(15-17-25)20-4-1-2-12-23-20)11-8-18-6-9-19(10-7-18)26-13-3-5-22(26)28/h1-2,4,6-12H,3,5,13-17H2. The van der Waals surface area contributed by atoms with E-state index >= 15 is 0 Å². The van der Waals surface area contributed by atoms with Gasteiger partial charge in [-0.25, -0.2) is 4.98 Å². The van der Waals surface area contributed by atoms with E-state index in [1.54, 1.807) is 12.3 Å². The van der Waals surface area contributed by atoms with E-state index < -0.39 is 0 Å². The summed E-state index contributed by atoms with van der Waals surface area (Å²) in [6.07, 6.45) is 6.81. The number of anilines is 2. The van der Waals surface area contributed by atoms with Crippen LogP contribution in [0.25, 0.3) is 6.08 Å². The maximum atomic E-state index is 12.5. The lowest BCUT2D eigenvalue weighted by Gasteiger charge is -2.34. The number of hydrogen-bond donors (Lipinski definition) is 0.